The quantitative estimate of drug-likeness (QED) is 0.536. The lowest BCUT2D eigenvalue weighted by atomic mass is 10.7. The van der Waals surface area contributed by atoms with E-state index in [4.69, 9.17) is 5.73 Å². The molecule has 48 valence electrons. The maximum atomic E-state index is 5.08. The van der Waals surface area contributed by atoms with Gasteiger partial charge in [-0.2, -0.15) is 0 Å². The highest BCUT2D eigenvalue weighted by atomic mass is 14.8. The molecule has 2 nitrogen and oxygen atoms in total. The third kappa shape index (κ3) is 24.7. The fourth-order valence-electron chi connectivity index (χ4n) is 0.144. The van der Waals surface area contributed by atoms with Crippen LogP contribution in [0.3, 0.4) is 0 Å². The summed E-state index contributed by atoms with van der Waals surface area (Å²) in [5, 5.41) is 2.89. The van der Waals surface area contributed by atoms with E-state index < -0.39 is 0 Å². The van der Waals surface area contributed by atoms with Gasteiger partial charge in [0.25, 0.3) is 0 Å². The van der Waals surface area contributed by atoms with E-state index in [1.54, 1.807) is 0 Å². The lowest BCUT2D eigenvalue weighted by Gasteiger charge is -1.85. The first-order chi connectivity index (χ1) is 3.41. The van der Waals surface area contributed by atoms with Crippen LogP contribution in [-0.2, 0) is 0 Å². The van der Waals surface area contributed by atoms with Gasteiger partial charge in [-0.05, 0) is 7.05 Å². The Labute approximate surface area is 47.6 Å². The van der Waals surface area contributed by atoms with Crippen molar-refractivity contribution in [2.45, 2.75) is 13.8 Å². The molecule has 0 aromatic carbocycles. The van der Waals surface area contributed by atoms with E-state index >= 15 is 0 Å². The summed E-state index contributed by atoms with van der Waals surface area (Å²) < 4.78 is 0. The highest BCUT2D eigenvalue weighted by molar-refractivity contribution is 4.33. The molecule has 0 radical (unpaired) electrons. The molecular formula is C5H18N2. The first-order valence-corrected chi connectivity index (χ1v) is 2.76. The first kappa shape index (κ1) is 10.0. The molecule has 0 aromatic rings. The van der Waals surface area contributed by atoms with Crippen molar-refractivity contribution in [2.75, 3.05) is 20.1 Å². The molecule has 0 aliphatic heterocycles. The Bertz CT molecular complexity index is 17.9. The molecule has 0 amide bonds. The molecule has 0 aliphatic rings. The Morgan fingerprint density at radius 2 is 2.00 bits per heavy atom. The maximum absolute atomic E-state index is 5.08. The van der Waals surface area contributed by atoms with Gasteiger partial charge in [0.15, 0.2) is 0 Å². The fourth-order valence-corrected chi connectivity index (χ4v) is 0.144. The molecule has 0 spiro atoms. The van der Waals surface area contributed by atoms with Crippen molar-refractivity contribution in [2.24, 2.45) is 5.73 Å². The number of nitrogens with two attached hydrogens (primary N) is 1. The van der Waals surface area contributed by atoms with Gasteiger partial charge in [-0.15, -0.1) is 0 Å². The van der Waals surface area contributed by atoms with Crippen molar-refractivity contribution in [1.82, 2.24) is 5.32 Å². The third-order valence-electron chi connectivity index (χ3n) is 0.394. The van der Waals surface area contributed by atoms with Crippen LogP contribution in [-0.4, -0.2) is 20.1 Å². The molecule has 2 heteroatoms. The molecule has 0 rings (SSSR count). The van der Waals surface area contributed by atoms with E-state index in [0.717, 1.165) is 13.1 Å². The van der Waals surface area contributed by atoms with Gasteiger partial charge in [0.05, 0.1) is 0 Å². The Hall–Kier alpha value is -0.0800. The van der Waals surface area contributed by atoms with Gasteiger partial charge >= 0.3 is 0 Å². The molecule has 0 heterocycles. The fraction of sp³-hybridized carbons (Fsp3) is 1.00. The van der Waals surface area contributed by atoms with Gasteiger partial charge in [-0.25, -0.2) is 0 Å². The SMILES string of the molecule is CC.CNCCN.[HH]. The topological polar surface area (TPSA) is 38.0 Å². The van der Waals surface area contributed by atoms with Crippen molar-refractivity contribution in [3.63, 3.8) is 0 Å². The molecule has 7 heavy (non-hydrogen) atoms. The number of rotatable bonds is 2. The normalized spacial score (nSPS) is 6.86. The standard InChI is InChI=1S/C3H10N2.C2H6.H2/c1-5-3-2-4;1-2;/h5H,2-4H2,1H3;1-2H3;1H. The second kappa shape index (κ2) is 16.8. The lowest BCUT2D eigenvalue weighted by Crippen LogP contribution is -2.17. The van der Waals surface area contributed by atoms with Gasteiger partial charge in [-0.3, -0.25) is 0 Å². The second-order valence-electron chi connectivity index (χ2n) is 0.892. The number of likely N-dealkylation sites (N-methyl/N-ethyl adjacent to an activating group) is 1. The van der Waals surface area contributed by atoms with Crippen LogP contribution in [0.25, 0.3) is 0 Å². The Balaban J connectivity index is -0.0000000750. The molecule has 0 aliphatic carbocycles. The zero-order valence-corrected chi connectivity index (χ0v) is 5.49. The zero-order chi connectivity index (χ0) is 6.12. The van der Waals surface area contributed by atoms with Crippen LogP contribution in [0.1, 0.15) is 15.3 Å². The molecule has 0 atom stereocenters. The largest absolute Gasteiger partial charge is 0.329 e. The second-order valence-corrected chi connectivity index (χ2v) is 0.892. The van der Waals surface area contributed by atoms with Crippen LogP contribution in [0.2, 0.25) is 0 Å². The molecular weight excluding hydrogens is 88.1 g/mol. The zero-order valence-electron chi connectivity index (χ0n) is 5.49. The monoisotopic (exact) mass is 106 g/mol. The predicted molar refractivity (Wildman–Crippen MR) is 36.4 cm³/mol. The van der Waals surface area contributed by atoms with Crippen LogP contribution in [0, 0.1) is 0 Å². The Morgan fingerprint density at radius 1 is 1.57 bits per heavy atom. The summed E-state index contributed by atoms with van der Waals surface area (Å²) in [7, 11) is 1.88. The number of hydrogen-bond acceptors (Lipinski definition) is 2. The molecule has 0 unspecified atom stereocenters. The van der Waals surface area contributed by atoms with E-state index in [1.807, 2.05) is 20.9 Å². The van der Waals surface area contributed by atoms with Crippen LogP contribution >= 0.6 is 0 Å². The van der Waals surface area contributed by atoms with Gasteiger partial charge in [-0.1, -0.05) is 13.8 Å². The number of hydrogen-bond donors (Lipinski definition) is 2. The summed E-state index contributed by atoms with van der Waals surface area (Å²) in [6, 6.07) is 0. The van der Waals surface area contributed by atoms with Crippen molar-refractivity contribution in [3.8, 4) is 0 Å². The summed E-state index contributed by atoms with van der Waals surface area (Å²) in [6.07, 6.45) is 0. The summed E-state index contributed by atoms with van der Waals surface area (Å²) in [5.41, 5.74) is 5.08. The van der Waals surface area contributed by atoms with E-state index in [0.29, 0.717) is 0 Å². The minimum Gasteiger partial charge on any atom is -0.329 e. The van der Waals surface area contributed by atoms with Gasteiger partial charge in [0.1, 0.15) is 0 Å². The van der Waals surface area contributed by atoms with Crippen LogP contribution in [0.15, 0.2) is 0 Å². The molecule has 0 bridgehead atoms. The van der Waals surface area contributed by atoms with Crippen LogP contribution in [0.4, 0.5) is 0 Å². The summed E-state index contributed by atoms with van der Waals surface area (Å²) >= 11 is 0. The van der Waals surface area contributed by atoms with E-state index in [-0.39, 0.29) is 1.43 Å². The smallest absolute Gasteiger partial charge is 0.00714 e. The highest BCUT2D eigenvalue weighted by Crippen LogP contribution is 1.37. The van der Waals surface area contributed by atoms with Crippen molar-refractivity contribution >= 4 is 0 Å². The third-order valence-corrected chi connectivity index (χ3v) is 0.394. The lowest BCUT2D eigenvalue weighted by molar-refractivity contribution is 0.802. The average molecular weight is 106 g/mol. The molecule has 0 saturated carbocycles. The summed E-state index contributed by atoms with van der Waals surface area (Å²) in [6.45, 7) is 5.65. The van der Waals surface area contributed by atoms with Gasteiger partial charge in [0.2, 0.25) is 0 Å². The Morgan fingerprint density at radius 3 is 2.00 bits per heavy atom. The van der Waals surface area contributed by atoms with Crippen LogP contribution < -0.4 is 11.1 Å². The minimum absolute atomic E-state index is 0. The van der Waals surface area contributed by atoms with Crippen molar-refractivity contribution in [1.29, 1.82) is 0 Å². The first-order valence-electron chi connectivity index (χ1n) is 2.76. The van der Waals surface area contributed by atoms with Gasteiger partial charge in [0, 0.05) is 14.5 Å². The van der Waals surface area contributed by atoms with E-state index in [2.05, 4.69) is 5.32 Å². The van der Waals surface area contributed by atoms with Crippen molar-refractivity contribution < 1.29 is 1.43 Å². The highest BCUT2D eigenvalue weighted by Gasteiger charge is 1.64. The van der Waals surface area contributed by atoms with Crippen LogP contribution in [0.5, 0.6) is 0 Å². The van der Waals surface area contributed by atoms with Gasteiger partial charge < -0.3 is 11.1 Å². The molecule has 0 fully saturated rings. The summed E-state index contributed by atoms with van der Waals surface area (Å²) in [5.74, 6) is 0. The number of nitrogens with one attached hydrogen (secondary N) is 1. The molecule has 0 saturated heterocycles. The average Bonchev–Trinajstić information content (AvgIpc) is 1.75. The predicted octanol–water partition coefficient (Wildman–Crippen LogP) is 0.437. The van der Waals surface area contributed by atoms with Crippen molar-refractivity contribution in [3.05, 3.63) is 0 Å². The minimum atomic E-state index is 0. The summed E-state index contributed by atoms with van der Waals surface area (Å²) in [4.78, 5) is 0. The van der Waals surface area contributed by atoms with E-state index in [9.17, 15) is 0 Å². The molecule has 3 N–H and O–H groups in total. The van der Waals surface area contributed by atoms with E-state index in [1.165, 1.54) is 0 Å². The Kier molecular flexibility index (Phi) is 24.1. The maximum Gasteiger partial charge on any atom is 0.00714 e. The molecule has 0 aromatic heterocycles.